The molecule has 0 aliphatic carbocycles. The molecule has 0 atom stereocenters. The topological polar surface area (TPSA) is 35.6 Å². The van der Waals surface area contributed by atoms with Gasteiger partial charge in [0.25, 0.3) is 0 Å². The lowest BCUT2D eigenvalue weighted by Gasteiger charge is -2.24. The Labute approximate surface area is 111 Å². The molecule has 2 fully saturated rings. The summed E-state index contributed by atoms with van der Waals surface area (Å²) in [6, 6.07) is 0. The van der Waals surface area contributed by atoms with E-state index < -0.39 is 0 Å². The summed E-state index contributed by atoms with van der Waals surface area (Å²) in [5.74, 6) is 1.15. The molecule has 2 aliphatic rings. The molecule has 2 rings (SSSR count). The number of likely N-dealkylation sites (N-methyl/N-ethyl adjacent to an activating group) is 1. The smallest absolute Gasteiger partial charge is 0.222 e. The second-order valence-corrected chi connectivity index (χ2v) is 5.77. The lowest BCUT2D eigenvalue weighted by Crippen LogP contribution is -2.35. The van der Waals surface area contributed by atoms with Gasteiger partial charge in [-0.05, 0) is 58.3 Å². The number of hydrogen-bond donors (Lipinski definition) is 1. The van der Waals surface area contributed by atoms with E-state index in [0.29, 0.717) is 5.91 Å². The van der Waals surface area contributed by atoms with Crippen LogP contribution in [0.2, 0.25) is 0 Å². The molecule has 4 heteroatoms. The van der Waals surface area contributed by atoms with E-state index >= 15 is 0 Å². The summed E-state index contributed by atoms with van der Waals surface area (Å²) < 4.78 is 0. The minimum Gasteiger partial charge on any atom is -0.341 e. The summed E-state index contributed by atoms with van der Waals surface area (Å²) >= 11 is 0. The molecule has 0 saturated carbocycles. The van der Waals surface area contributed by atoms with E-state index in [-0.39, 0.29) is 0 Å². The standard InChI is InChI=1S/C14H27N3O/c1-16-9-2-10-17(12-11-16)14(18)4-3-13-5-7-15-8-6-13/h13,15H,2-12H2,1H3. The molecule has 0 unspecified atom stereocenters. The highest BCUT2D eigenvalue weighted by atomic mass is 16.2. The predicted molar refractivity (Wildman–Crippen MR) is 73.5 cm³/mol. The van der Waals surface area contributed by atoms with Gasteiger partial charge in [-0.3, -0.25) is 4.79 Å². The zero-order chi connectivity index (χ0) is 12.8. The number of amides is 1. The summed E-state index contributed by atoms with van der Waals surface area (Å²) in [6.45, 7) is 6.29. The molecule has 2 heterocycles. The number of rotatable bonds is 3. The highest BCUT2D eigenvalue weighted by molar-refractivity contribution is 5.76. The van der Waals surface area contributed by atoms with Gasteiger partial charge in [0.1, 0.15) is 0 Å². The van der Waals surface area contributed by atoms with Crippen LogP contribution in [0.5, 0.6) is 0 Å². The van der Waals surface area contributed by atoms with E-state index in [1.54, 1.807) is 0 Å². The lowest BCUT2D eigenvalue weighted by atomic mass is 9.93. The fourth-order valence-corrected chi connectivity index (χ4v) is 2.95. The van der Waals surface area contributed by atoms with Crippen LogP contribution in [-0.4, -0.2) is 62.0 Å². The Kier molecular flexibility index (Phi) is 5.45. The first-order chi connectivity index (χ1) is 8.75. The summed E-state index contributed by atoms with van der Waals surface area (Å²) in [4.78, 5) is 16.6. The second kappa shape index (κ2) is 7.10. The molecule has 0 bridgehead atoms. The molecule has 0 spiro atoms. The van der Waals surface area contributed by atoms with Crippen molar-refractivity contribution in [1.82, 2.24) is 15.1 Å². The van der Waals surface area contributed by atoms with Crippen molar-refractivity contribution in [2.24, 2.45) is 5.92 Å². The number of carbonyl (C=O) groups is 1. The molecule has 1 amide bonds. The minimum atomic E-state index is 0.379. The van der Waals surface area contributed by atoms with Crippen LogP contribution >= 0.6 is 0 Å². The van der Waals surface area contributed by atoms with Crippen molar-refractivity contribution in [3.8, 4) is 0 Å². The number of nitrogens with zero attached hydrogens (tertiary/aromatic N) is 2. The van der Waals surface area contributed by atoms with Crippen molar-refractivity contribution in [2.75, 3.05) is 46.3 Å². The van der Waals surface area contributed by atoms with E-state index in [1.165, 1.54) is 12.8 Å². The van der Waals surface area contributed by atoms with Crippen molar-refractivity contribution < 1.29 is 4.79 Å². The van der Waals surface area contributed by atoms with Crippen LogP contribution in [0.4, 0.5) is 0 Å². The minimum absolute atomic E-state index is 0.379. The zero-order valence-corrected chi connectivity index (χ0v) is 11.7. The Balaban J connectivity index is 1.69. The molecule has 104 valence electrons. The third kappa shape index (κ3) is 4.25. The summed E-state index contributed by atoms with van der Waals surface area (Å²) in [5.41, 5.74) is 0. The van der Waals surface area contributed by atoms with Crippen molar-refractivity contribution >= 4 is 5.91 Å². The first-order valence-corrected chi connectivity index (χ1v) is 7.43. The van der Waals surface area contributed by atoms with E-state index in [9.17, 15) is 4.79 Å². The quantitative estimate of drug-likeness (QED) is 0.813. The third-order valence-electron chi connectivity index (χ3n) is 4.30. The van der Waals surface area contributed by atoms with Crippen LogP contribution in [0, 0.1) is 5.92 Å². The van der Waals surface area contributed by atoms with Crippen LogP contribution in [0.1, 0.15) is 32.1 Å². The van der Waals surface area contributed by atoms with Gasteiger partial charge in [0.2, 0.25) is 5.91 Å². The molecular weight excluding hydrogens is 226 g/mol. The lowest BCUT2D eigenvalue weighted by molar-refractivity contribution is -0.131. The van der Waals surface area contributed by atoms with E-state index in [4.69, 9.17) is 0 Å². The average molecular weight is 253 g/mol. The fourth-order valence-electron chi connectivity index (χ4n) is 2.95. The summed E-state index contributed by atoms with van der Waals surface area (Å²) in [7, 11) is 2.14. The van der Waals surface area contributed by atoms with Gasteiger partial charge >= 0.3 is 0 Å². The van der Waals surface area contributed by atoms with Crippen LogP contribution < -0.4 is 5.32 Å². The highest BCUT2D eigenvalue weighted by Gasteiger charge is 2.19. The Hall–Kier alpha value is -0.610. The normalized spacial score (nSPS) is 23.9. The van der Waals surface area contributed by atoms with Gasteiger partial charge in [-0.15, -0.1) is 0 Å². The van der Waals surface area contributed by atoms with Crippen LogP contribution in [0.25, 0.3) is 0 Å². The molecule has 2 saturated heterocycles. The molecule has 0 radical (unpaired) electrons. The molecule has 0 aromatic rings. The molecule has 1 N–H and O–H groups in total. The van der Waals surface area contributed by atoms with Crippen molar-refractivity contribution in [3.05, 3.63) is 0 Å². The maximum absolute atomic E-state index is 12.2. The fraction of sp³-hybridized carbons (Fsp3) is 0.929. The van der Waals surface area contributed by atoms with E-state index in [0.717, 1.165) is 64.4 Å². The molecule has 0 aromatic carbocycles. The first-order valence-electron chi connectivity index (χ1n) is 7.43. The number of piperidine rings is 1. The maximum Gasteiger partial charge on any atom is 0.222 e. The van der Waals surface area contributed by atoms with E-state index in [2.05, 4.69) is 22.2 Å². The molecule has 4 nitrogen and oxygen atoms in total. The zero-order valence-electron chi connectivity index (χ0n) is 11.7. The summed E-state index contributed by atoms with van der Waals surface area (Å²) in [6.07, 6.45) is 5.46. The molecule has 2 aliphatic heterocycles. The van der Waals surface area contributed by atoms with Gasteiger partial charge in [-0.25, -0.2) is 0 Å². The first kappa shape index (κ1) is 13.8. The van der Waals surface area contributed by atoms with Crippen molar-refractivity contribution in [2.45, 2.75) is 32.1 Å². The van der Waals surface area contributed by atoms with Crippen LogP contribution in [0.15, 0.2) is 0 Å². The van der Waals surface area contributed by atoms with Gasteiger partial charge in [0, 0.05) is 26.1 Å². The second-order valence-electron chi connectivity index (χ2n) is 5.77. The van der Waals surface area contributed by atoms with Crippen LogP contribution in [0.3, 0.4) is 0 Å². The summed E-state index contributed by atoms with van der Waals surface area (Å²) in [5, 5.41) is 3.38. The van der Waals surface area contributed by atoms with Gasteiger partial charge in [0.05, 0.1) is 0 Å². The van der Waals surface area contributed by atoms with Gasteiger partial charge in [-0.1, -0.05) is 0 Å². The average Bonchev–Trinajstić information content (AvgIpc) is 2.62. The third-order valence-corrected chi connectivity index (χ3v) is 4.30. The Morgan fingerprint density at radius 2 is 1.94 bits per heavy atom. The maximum atomic E-state index is 12.2. The van der Waals surface area contributed by atoms with Crippen molar-refractivity contribution in [1.29, 1.82) is 0 Å². The van der Waals surface area contributed by atoms with Gasteiger partial charge in [-0.2, -0.15) is 0 Å². The predicted octanol–water partition coefficient (Wildman–Crippen LogP) is 0.930. The van der Waals surface area contributed by atoms with Gasteiger partial charge in [0.15, 0.2) is 0 Å². The van der Waals surface area contributed by atoms with E-state index in [1.807, 2.05) is 0 Å². The Morgan fingerprint density at radius 3 is 2.72 bits per heavy atom. The Bertz CT molecular complexity index is 264. The van der Waals surface area contributed by atoms with Crippen LogP contribution in [-0.2, 0) is 4.79 Å². The number of nitrogens with one attached hydrogen (secondary N) is 1. The molecule has 0 aromatic heterocycles. The number of hydrogen-bond acceptors (Lipinski definition) is 3. The largest absolute Gasteiger partial charge is 0.341 e. The monoisotopic (exact) mass is 253 g/mol. The Morgan fingerprint density at radius 1 is 1.17 bits per heavy atom. The van der Waals surface area contributed by atoms with Gasteiger partial charge < -0.3 is 15.1 Å². The highest BCUT2D eigenvalue weighted by Crippen LogP contribution is 2.18. The molecular formula is C14H27N3O. The molecule has 18 heavy (non-hydrogen) atoms. The SMILES string of the molecule is CN1CCCN(C(=O)CCC2CCNCC2)CC1. The number of carbonyl (C=O) groups excluding carboxylic acids is 1. The van der Waals surface area contributed by atoms with Crippen molar-refractivity contribution in [3.63, 3.8) is 0 Å².